The number of anilines is 2. The van der Waals surface area contributed by atoms with Crippen molar-refractivity contribution in [3.05, 3.63) is 52.9 Å². The van der Waals surface area contributed by atoms with E-state index in [0.717, 1.165) is 16.7 Å². The molecule has 1 saturated heterocycles. The molecule has 1 N–H and O–H groups in total. The van der Waals surface area contributed by atoms with Gasteiger partial charge < -0.3 is 14.8 Å². The molecule has 0 atom stereocenters. The van der Waals surface area contributed by atoms with E-state index in [1.54, 1.807) is 48.5 Å². The van der Waals surface area contributed by atoms with E-state index in [4.69, 9.17) is 9.47 Å². The number of hydrogen-bond acceptors (Lipinski definition) is 6. The van der Waals surface area contributed by atoms with Gasteiger partial charge in [0.05, 0.1) is 24.8 Å². The lowest BCUT2D eigenvalue weighted by molar-refractivity contribution is -0.114. The van der Waals surface area contributed by atoms with Crippen LogP contribution >= 0.6 is 11.8 Å². The predicted molar refractivity (Wildman–Crippen MR) is 109 cm³/mol. The minimum atomic E-state index is -0.424. The molecule has 3 rings (SSSR count). The normalized spacial score (nSPS) is 15.1. The molecule has 28 heavy (non-hydrogen) atoms. The SMILES string of the molecule is COc1cccc(/C=C2\SC(=O)N(c3ccc(NC(C)=O)cc3)C2=O)c1OC. The van der Waals surface area contributed by atoms with E-state index < -0.39 is 11.1 Å². The van der Waals surface area contributed by atoms with Gasteiger partial charge in [0.1, 0.15) is 0 Å². The summed E-state index contributed by atoms with van der Waals surface area (Å²) >= 11 is 0.851. The molecule has 0 unspecified atom stereocenters. The quantitative estimate of drug-likeness (QED) is 0.769. The molecule has 0 radical (unpaired) electrons. The minimum Gasteiger partial charge on any atom is -0.493 e. The first-order valence-corrected chi connectivity index (χ1v) is 9.13. The van der Waals surface area contributed by atoms with Crippen molar-refractivity contribution in [3.63, 3.8) is 0 Å². The van der Waals surface area contributed by atoms with Crippen molar-refractivity contribution in [2.75, 3.05) is 24.4 Å². The van der Waals surface area contributed by atoms with E-state index in [0.29, 0.717) is 28.4 Å². The van der Waals surface area contributed by atoms with Crippen LogP contribution in [0.1, 0.15) is 12.5 Å². The number of carbonyl (C=O) groups is 3. The number of benzene rings is 2. The Labute approximate surface area is 166 Å². The van der Waals surface area contributed by atoms with Gasteiger partial charge in [0.25, 0.3) is 11.1 Å². The van der Waals surface area contributed by atoms with Gasteiger partial charge in [-0.25, -0.2) is 4.90 Å². The number of nitrogens with one attached hydrogen (secondary N) is 1. The Bertz CT molecular complexity index is 969. The zero-order valence-electron chi connectivity index (χ0n) is 15.5. The molecule has 8 heteroatoms. The monoisotopic (exact) mass is 398 g/mol. The third kappa shape index (κ3) is 3.86. The van der Waals surface area contributed by atoms with Gasteiger partial charge >= 0.3 is 0 Å². The largest absolute Gasteiger partial charge is 0.493 e. The number of methoxy groups -OCH3 is 2. The van der Waals surface area contributed by atoms with Gasteiger partial charge in [-0.1, -0.05) is 12.1 Å². The summed E-state index contributed by atoms with van der Waals surface area (Å²) in [5.41, 5.74) is 1.64. The van der Waals surface area contributed by atoms with Gasteiger partial charge in [0.15, 0.2) is 11.5 Å². The molecule has 2 aromatic carbocycles. The standard InChI is InChI=1S/C20H18N2O5S/c1-12(23)21-14-7-9-15(10-8-14)22-19(24)17(28-20(22)25)11-13-5-4-6-16(26-2)18(13)27-3/h4-11H,1-3H3,(H,21,23)/b17-11-. The van der Waals surface area contributed by atoms with Crippen LogP contribution in [-0.2, 0) is 9.59 Å². The van der Waals surface area contributed by atoms with Gasteiger partial charge in [0.2, 0.25) is 5.91 Å². The van der Waals surface area contributed by atoms with Crippen molar-refractivity contribution in [3.8, 4) is 11.5 Å². The van der Waals surface area contributed by atoms with Crippen LogP contribution in [0.15, 0.2) is 47.4 Å². The molecule has 1 aliphatic rings. The smallest absolute Gasteiger partial charge is 0.298 e. The first kappa shape index (κ1) is 19.5. The fourth-order valence-electron chi connectivity index (χ4n) is 2.75. The third-order valence-corrected chi connectivity index (χ3v) is 4.83. The summed E-state index contributed by atoms with van der Waals surface area (Å²) in [5.74, 6) is 0.390. The van der Waals surface area contributed by atoms with Gasteiger partial charge in [-0.3, -0.25) is 14.4 Å². The molecule has 3 amide bonds. The number of hydrogen-bond donors (Lipinski definition) is 1. The van der Waals surface area contributed by atoms with Crippen molar-refractivity contribution < 1.29 is 23.9 Å². The lowest BCUT2D eigenvalue weighted by atomic mass is 10.1. The summed E-state index contributed by atoms with van der Waals surface area (Å²) in [6, 6.07) is 11.8. The Kier molecular flexibility index (Phi) is 5.70. The molecule has 144 valence electrons. The average Bonchev–Trinajstić information content (AvgIpc) is 2.95. The molecule has 0 aromatic heterocycles. The van der Waals surface area contributed by atoms with Crippen molar-refractivity contribution >= 4 is 46.3 Å². The zero-order valence-corrected chi connectivity index (χ0v) is 16.3. The van der Waals surface area contributed by atoms with Crippen LogP contribution in [0.25, 0.3) is 6.08 Å². The molecule has 1 aliphatic heterocycles. The van der Waals surface area contributed by atoms with E-state index >= 15 is 0 Å². The number of carbonyl (C=O) groups excluding carboxylic acids is 3. The number of rotatable bonds is 5. The van der Waals surface area contributed by atoms with Crippen LogP contribution < -0.4 is 19.7 Å². The van der Waals surface area contributed by atoms with Crippen LogP contribution in [0.5, 0.6) is 11.5 Å². The molecule has 0 spiro atoms. The molecule has 7 nitrogen and oxygen atoms in total. The molecule has 1 heterocycles. The van der Waals surface area contributed by atoms with Crippen LogP contribution in [-0.4, -0.2) is 31.3 Å². The number of ether oxygens (including phenoxy) is 2. The van der Waals surface area contributed by atoms with E-state index in [1.165, 1.54) is 21.1 Å². The second kappa shape index (κ2) is 8.18. The maximum atomic E-state index is 12.8. The Morgan fingerprint density at radius 2 is 1.79 bits per heavy atom. The average molecular weight is 398 g/mol. The topological polar surface area (TPSA) is 84.9 Å². The number of amides is 3. The lowest BCUT2D eigenvalue weighted by Gasteiger charge is -2.13. The number of nitrogens with zero attached hydrogens (tertiary/aromatic N) is 1. The highest BCUT2D eigenvalue weighted by Crippen LogP contribution is 2.39. The summed E-state index contributed by atoms with van der Waals surface area (Å²) in [6.45, 7) is 1.40. The maximum absolute atomic E-state index is 12.8. The Morgan fingerprint density at radius 1 is 1.07 bits per heavy atom. The molecule has 1 fully saturated rings. The minimum absolute atomic E-state index is 0.200. The summed E-state index contributed by atoms with van der Waals surface area (Å²) < 4.78 is 10.6. The molecule has 0 saturated carbocycles. The molecular formula is C20H18N2O5S. The van der Waals surface area contributed by atoms with Crippen molar-refractivity contribution in [2.24, 2.45) is 0 Å². The zero-order chi connectivity index (χ0) is 20.3. The maximum Gasteiger partial charge on any atom is 0.298 e. The van der Waals surface area contributed by atoms with Crippen molar-refractivity contribution in [1.29, 1.82) is 0 Å². The Balaban J connectivity index is 1.90. The second-order valence-corrected chi connectivity index (χ2v) is 6.82. The van der Waals surface area contributed by atoms with Gasteiger partial charge in [-0.2, -0.15) is 0 Å². The number of imide groups is 1. The number of para-hydroxylation sites is 1. The molecule has 0 bridgehead atoms. The first-order valence-electron chi connectivity index (χ1n) is 8.31. The van der Waals surface area contributed by atoms with Crippen molar-refractivity contribution in [2.45, 2.75) is 6.92 Å². The van der Waals surface area contributed by atoms with Gasteiger partial charge in [-0.15, -0.1) is 0 Å². The summed E-state index contributed by atoms with van der Waals surface area (Å²) in [6.07, 6.45) is 1.61. The van der Waals surface area contributed by atoms with E-state index in [1.807, 2.05) is 0 Å². The molecule has 0 aliphatic carbocycles. The first-order chi connectivity index (χ1) is 13.4. The Morgan fingerprint density at radius 3 is 2.39 bits per heavy atom. The van der Waals surface area contributed by atoms with Crippen LogP contribution in [0.3, 0.4) is 0 Å². The fourth-order valence-corrected chi connectivity index (χ4v) is 3.59. The summed E-state index contributed by atoms with van der Waals surface area (Å²) in [4.78, 5) is 37.7. The highest BCUT2D eigenvalue weighted by molar-refractivity contribution is 8.19. The van der Waals surface area contributed by atoms with Crippen LogP contribution in [0.4, 0.5) is 16.2 Å². The number of thioether (sulfide) groups is 1. The third-order valence-electron chi connectivity index (χ3n) is 3.96. The van der Waals surface area contributed by atoms with E-state index in [2.05, 4.69) is 5.32 Å². The summed E-state index contributed by atoms with van der Waals surface area (Å²) in [7, 11) is 3.04. The second-order valence-electron chi connectivity index (χ2n) is 5.83. The molecule has 2 aromatic rings. The molecular weight excluding hydrogens is 380 g/mol. The van der Waals surface area contributed by atoms with Crippen molar-refractivity contribution in [1.82, 2.24) is 0 Å². The van der Waals surface area contributed by atoms with Crippen LogP contribution in [0, 0.1) is 0 Å². The van der Waals surface area contributed by atoms with Gasteiger partial charge in [-0.05, 0) is 48.2 Å². The highest BCUT2D eigenvalue weighted by Gasteiger charge is 2.36. The predicted octanol–water partition coefficient (Wildman–Crippen LogP) is 3.90. The summed E-state index contributed by atoms with van der Waals surface area (Å²) in [5, 5.41) is 2.24. The lowest BCUT2D eigenvalue weighted by Crippen LogP contribution is -2.27. The fraction of sp³-hybridized carbons (Fsp3) is 0.150. The van der Waals surface area contributed by atoms with E-state index in [9.17, 15) is 14.4 Å². The Hall–Kier alpha value is -3.26. The van der Waals surface area contributed by atoms with Crippen LogP contribution in [0.2, 0.25) is 0 Å². The highest BCUT2D eigenvalue weighted by atomic mass is 32.2. The van der Waals surface area contributed by atoms with Gasteiger partial charge in [0, 0.05) is 18.2 Å². The van der Waals surface area contributed by atoms with E-state index in [-0.39, 0.29) is 10.8 Å².